The van der Waals surface area contributed by atoms with Gasteiger partial charge in [0.15, 0.2) is 6.61 Å². The number of non-ortho nitro benzene ring substituents is 1. The molecule has 130 valence electrons. The fourth-order valence-electron chi connectivity index (χ4n) is 2.19. The van der Waals surface area contributed by atoms with E-state index in [2.05, 4.69) is 26.5 Å². The molecule has 0 heterocycles. The minimum absolute atomic E-state index is 0.0419. The predicted molar refractivity (Wildman–Crippen MR) is 97.9 cm³/mol. The molecule has 0 fully saturated rings. The number of hydrazone groups is 1. The van der Waals surface area contributed by atoms with Crippen molar-refractivity contribution in [3.8, 4) is 5.75 Å². The number of nitro groups is 1. The summed E-state index contributed by atoms with van der Waals surface area (Å²) in [5.74, 6) is 0.226. The molecule has 0 spiro atoms. The highest BCUT2D eigenvalue weighted by Crippen LogP contribution is 2.27. The molecule has 0 aromatic heterocycles. The summed E-state index contributed by atoms with van der Waals surface area (Å²) in [6.45, 7) is 3.60. The maximum atomic E-state index is 11.8. The first-order valence-corrected chi connectivity index (χ1v) is 8.12. The number of carbonyl (C=O) groups is 1. The number of nitrogens with zero attached hydrogens (tertiary/aromatic N) is 2. The quantitative estimate of drug-likeness (QED) is 0.451. The molecule has 0 unspecified atom stereocenters. The van der Waals surface area contributed by atoms with Gasteiger partial charge in [0.1, 0.15) is 5.75 Å². The number of hydrogen-bond donors (Lipinski definition) is 1. The predicted octanol–water partition coefficient (Wildman–Crippen LogP) is 3.50. The van der Waals surface area contributed by atoms with Crippen LogP contribution in [0.2, 0.25) is 0 Å². The maximum absolute atomic E-state index is 11.8. The third-order valence-electron chi connectivity index (χ3n) is 3.26. The second-order valence-electron chi connectivity index (χ2n) is 5.30. The summed E-state index contributed by atoms with van der Waals surface area (Å²) in [5.41, 5.74) is 4.63. The summed E-state index contributed by atoms with van der Waals surface area (Å²) >= 11 is 3.40. The first kappa shape index (κ1) is 18.6. The van der Waals surface area contributed by atoms with Gasteiger partial charge >= 0.3 is 0 Å². The molecule has 0 saturated carbocycles. The molecule has 2 rings (SSSR count). The Balaban J connectivity index is 1.91. The molecule has 0 atom stereocenters. The van der Waals surface area contributed by atoms with E-state index in [0.717, 1.165) is 15.6 Å². The lowest BCUT2D eigenvalue weighted by Gasteiger charge is -2.11. The van der Waals surface area contributed by atoms with E-state index in [1.807, 2.05) is 26.0 Å². The van der Waals surface area contributed by atoms with Gasteiger partial charge in [-0.1, -0.05) is 28.1 Å². The number of halogens is 1. The van der Waals surface area contributed by atoms with Gasteiger partial charge in [-0.15, -0.1) is 0 Å². The third-order valence-corrected chi connectivity index (χ3v) is 3.71. The van der Waals surface area contributed by atoms with E-state index >= 15 is 0 Å². The molecule has 0 aliphatic heterocycles. The first-order chi connectivity index (χ1) is 11.9. The van der Waals surface area contributed by atoms with Crippen LogP contribution in [0.4, 0.5) is 5.69 Å². The van der Waals surface area contributed by atoms with Crippen LogP contribution in [-0.2, 0) is 4.79 Å². The lowest BCUT2D eigenvalue weighted by molar-refractivity contribution is -0.384. The zero-order valence-corrected chi connectivity index (χ0v) is 15.2. The SMILES string of the molecule is Cc1cc(Br)cc(C)c1OCC(=O)NN=Cc1cccc([N+](=O)[O-])c1. The molecule has 2 aromatic rings. The van der Waals surface area contributed by atoms with Crippen LogP contribution in [-0.4, -0.2) is 23.7 Å². The maximum Gasteiger partial charge on any atom is 0.277 e. The van der Waals surface area contributed by atoms with Gasteiger partial charge in [-0.25, -0.2) is 5.43 Å². The molecule has 7 nitrogen and oxygen atoms in total. The number of hydrogen-bond acceptors (Lipinski definition) is 5. The van der Waals surface area contributed by atoms with Crippen molar-refractivity contribution in [3.63, 3.8) is 0 Å². The lowest BCUT2D eigenvalue weighted by atomic mass is 10.1. The number of nitro benzene ring substituents is 1. The number of amides is 1. The standard InChI is InChI=1S/C17H16BrN3O4/c1-11-6-14(18)7-12(2)17(11)25-10-16(22)20-19-9-13-4-3-5-15(8-13)21(23)24/h3-9H,10H2,1-2H3,(H,20,22). The Bertz CT molecular complexity index is 813. The third kappa shape index (κ3) is 5.39. The van der Waals surface area contributed by atoms with Crippen LogP contribution >= 0.6 is 15.9 Å². The van der Waals surface area contributed by atoms with Crippen LogP contribution in [0.25, 0.3) is 0 Å². The van der Waals surface area contributed by atoms with Gasteiger partial charge in [0.05, 0.1) is 11.1 Å². The second kappa shape index (κ2) is 8.39. The minimum atomic E-state index is -0.493. The molecule has 2 aromatic carbocycles. The number of aryl methyl sites for hydroxylation is 2. The Morgan fingerprint density at radius 1 is 1.32 bits per heavy atom. The molecule has 0 saturated heterocycles. The van der Waals surface area contributed by atoms with Crippen molar-refractivity contribution in [2.45, 2.75) is 13.8 Å². The monoisotopic (exact) mass is 405 g/mol. The van der Waals surface area contributed by atoms with E-state index in [4.69, 9.17) is 4.74 Å². The van der Waals surface area contributed by atoms with Crippen LogP contribution in [0, 0.1) is 24.0 Å². The Kier molecular flexibility index (Phi) is 6.24. The van der Waals surface area contributed by atoms with Crippen molar-refractivity contribution in [3.05, 3.63) is 67.7 Å². The van der Waals surface area contributed by atoms with Crippen molar-refractivity contribution in [1.29, 1.82) is 0 Å². The second-order valence-corrected chi connectivity index (χ2v) is 6.22. The van der Waals surface area contributed by atoms with E-state index < -0.39 is 10.8 Å². The molecule has 25 heavy (non-hydrogen) atoms. The first-order valence-electron chi connectivity index (χ1n) is 7.32. The summed E-state index contributed by atoms with van der Waals surface area (Å²) in [4.78, 5) is 22.0. The molecule has 8 heteroatoms. The molecular weight excluding hydrogens is 390 g/mol. The summed E-state index contributed by atoms with van der Waals surface area (Å²) in [6.07, 6.45) is 1.33. The molecule has 0 aliphatic carbocycles. The Hall–Kier alpha value is -2.74. The zero-order valence-electron chi connectivity index (χ0n) is 13.7. The van der Waals surface area contributed by atoms with E-state index in [1.165, 1.54) is 18.3 Å². The summed E-state index contributed by atoms with van der Waals surface area (Å²) in [5, 5.41) is 14.5. The minimum Gasteiger partial charge on any atom is -0.483 e. The number of nitrogens with one attached hydrogen (secondary N) is 1. The highest BCUT2D eigenvalue weighted by molar-refractivity contribution is 9.10. The number of rotatable bonds is 6. The van der Waals surface area contributed by atoms with Crippen molar-refractivity contribution in [1.82, 2.24) is 5.43 Å². The molecule has 0 aliphatic rings. The normalized spacial score (nSPS) is 10.7. The van der Waals surface area contributed by atoms with Crippen LogP contribution in [0.15, 0.2) is 46.0 Å². The van der Waals surface area contributed by atoms with E-state index in [9.17, 15) is 14.9 Å². The Morgan fingerprint density at radius 3 is 2.64 bits per heavy atom. The summed E-state index contributed by atoms with van der Waals surface area (Å²) in [7, 11) is 0. The van der Waals surface area contributed by atoms with Gasteiger partial charge in [0.25, 0.3) is 11.6 Å². The van der Waals surface area contributed by atoms with Crippen LogP contribution < -0.4 is 10.2 Å². The van der Waals surface area contributed by atoms with Crippen molar-refractivity contribution < 1.29 is 14.5 Å². The molecule has 1 N–H and O–H groups in total. The highest BCUT2D eigenvalue weighted by atomic mass is 79.9. The van der Waals surface area contributed by atoms with E-state index in [-0.39, 0.29) is 12.3 Å². The van der Waals surface area contributed by atoms with Gasteiger partial charge < -0.3 is 4.74 Å². The Morgan fingerprint density at radius 2 is 2.00 bits per heavy atom. The van der Waals surface area contributed by atoms with Gasteiger partial charge in [-0.05, 0) is 37.1 Å². The van der Waals surface area contributed by atoms with Gasteiger partial charge in [-0.3, -0.25) is 14.9 Å². The van der Waals surface area contributed by atoms with Crippen LogP contribution in [0.3, 0.4) is 0 Å². The number of ether oxygens (including phenoxy) is 1. The topological polar surface area (TPSA) is 93.8 Å². The van der Waals surface area contributed by atoms with Gasteiger partial charge in [0, 0.05) is 22.2 Å². The summed E-state index contributed by atoms with van der Waals surface area (Å²) < 4.78 is 6.49. The average molecular weight is 406 g/mol. The molecular formula is C17H16BrN3O4. The van der Waals surface area contributed by atoms with Crippen LogP contribution in [0.1, 0.15) is 16.7 Å². The fourth-order valence-corrected chi connectivity index (χ4v) is 2.88. The smallest absolute Gasteiger partial charge is 0.277 e. The van der Waals surface area contributed by atoms with Gasteiger partial charge in [-0.2, -0.15) is 5.10 Å². The molecule has 0 radical (unpaired) electrons. The van der Waals surface area contributed by atoms with E-state index in [1.54, 1.807) is 12.1 Å². The van der Waals surface area contributed by atoms with Crippen LogP contribution in [0.5, 0.6) is 5.75 Å². The largest absolute Gasteiger partial charge is 0.483 e. The Labute approximate surface area is 153 Å². The highest BCUT2D eigenvalue weighted by Gasteiger charge is 2.08. The average Bonchev–Trinajstić information content (AvgIpc) is 2.54. The molecule has 0 bridgehead atoms. The van der Waals surface area contributed by atoms with Crippen molar-refractivity contribution >= 4 is 33.7 Å². The zero-order chi connectivity index (χ0) is 18.4. The number of carbonyl (C=O) groups excluding carboxylic acids is 1. The summed E-state index contributed by atoms with van der Waals surface area (Å²) in [6, 6.07) is 9.74. The van der Waals surface area contributed by atoms with Crippen molar-refractivity contribution in [2.24, 2.45) is 5.10 Å². The van der Waals surface area contributed by atoms with E-state index in [0.29, 0.717) is 11.3 Å². The van der Waals surface area contributed by atoms with Crippen molar-refractivity contribution in [2.75, 3.05) is 6.61 Å². The number of benzene rings is 2. The van der Waals surface area contributed by atoms with Gasteiger partial charge in [0.2, 0.25) is 0 Å². The fraction of sp³-hybridized carbons (Fsp3) is 0.176. The lowest BCUT2D eigenvalue weighted by Crippen LogP contribution is -2.25. The molecule has 1 amide bonds.